The zero-order valence-electron chi connectivity index (χ0n) is 17.2. The lowest BCUT2D eigenvalue weighted by Gasteiger charge is -2.39. The van der Waals surface area contributed by atoms with Crippen molar-refractivity contribution in [3.63, 3.8) is 0 Å². The van der Waals surface area contributed by atoms with Crippen molar-refractivity contribution in [1.82, 2.24) is 19.3 Å². The van der Waals surface area contributed by atoms with Gasteiger partial charge in [-0.3, -0.25) is 4.79 Å². The zero-order chi connectivity index (χ0) is 20.3. The Morgan fingerprint density at radius 1 is 1.07 bits per heavy atom. The summed E-state index contributed by atoms with van der Waals surface area (Å²) in [5.41, 5.74) is 2.20. The Kier molecular flexibility index (Phi) is 6.07. The van der Waals surface area contributed by atoms with E-state index in [2.05, 4.69) is 42.8 Å². The second-order valence-electron chi connectivity index (χ2n) is 7.98. The first-order valence-electron chi connectivity index (χ1n) is 9.84. The van der Waals surface area contributed by atoms with Crippen LogP contribution in [0.25, 0.3) is 0 Å². The molecule has 2 heterocycles. The topological polar surface area (TPSA) is 48.8 Å². The highest BCUT2D eigenvalue weighted by molar-refractivity contribution is 5.84. The van der Waals surface area contributed by atoms with Crippen LogP contribution in [-0.2, 0) is 11.3 Å². The van der Waals surface area contributed by atoms with Crippen molar-refractivity contribution < 1.29 is 9.59 Å². The van der Waals surface area contributed by atoms with Crippen molar-refractivity contribution >= 4 is 11.9 Å². The van der Waals surface area contributed by atoms with E-state index in [0.29, 0.717) is 19.0 Å². The highest BCUT2D eigenvalue weighted by Gasteiger charge is 2.33. The van der Waals surface area contributed by atoms with Gasteiger partial charge in [-0.2, -0.15) is 0 Å². The molecule has 0 aliphatic carbocycles. The van der Waals surface area contributed by atoms with Crippen LogP contribution >= 0.6 is 0 Å². The summed E-state index contributed by atoms with van der Waals surface area (Å²) in [4.78, 5) is 31.0. The molecule has 1 aromatic carbocycles. The molecule has 3 amide bonds. The predicted octanol–water partition coefficient (Wildman–Crippen LogP) is 3.06. The van der Waals surface area contributed by atoms with Gasteiger partial charge in [-0.1, -0.05) is 44.2 Å². The minimum atomic E-state index is -0.132. The molecule has 1 unspecified atom stereocenters. The van der Waals surface area contributed by atoms with Gasteiger partial charge < -0.3 is 19.3 Å². The van der Waals surface area contributed by atoms with Gasteiger partial charge in [0.05, 0.1) is 6.04 Å². The summed E-state index contributed by atoms with van der Waals surface area (Å²) in [5.74, 6) is 0.275. The summed E-state index contributed by atoms with van der Waals surface area (Å²) in [6.45, 7) is 6.17. The Balaban J connectivity index is 1.87. The lowest BCUT2D eigenvalue weighted by molar-refractivity contribution is -0.134. The van der Waals surface area contributed by atoms with E-state index in [-0.39, 0.29) is 24.5 Å². The quantitative estimate of drug-likeness (QED) is 0.798. The third kappa shape index (κ3) is 4.21. The number of carbonyl (C=O) groups excluding carboxylic acids is 2. The molecule has 1 aromatic heterocycles. The highest BCUT2D eigenvalue weighted by Crippen LogP contribution is 2.32. The number of benzene rings is 1. The van der Waals surface area contributed by atoms with Crippen molar-refractivity contribution in [2.75, 3.05) is 33.7 Å². The van der Waals surface area contributed by atoms with Crippen molar-refractivity contribution in [2.24, 2.45) is 5.92 Å². The Labute approximate surface area is 167 Å². The van der Waals surface area contributed by atoms with Gasteiger partial charge >= 0.3 is 6.03 Å². The van der Waals surface area contributed by atoms with E-state index >= 15 is 0 Å². The summed E-state index contributed by atoms with van der Waals surface area (Å²) in [6, 6.07) is 14.0. The molecule has 1 aliphatic rings. The molecule has 1 atom stereocenters. The van der Waals surface area contributed by atoms with Crippen LogP contribution in [0.3, 0.4) is 0 Å². The Morgan fingerprint density at radius 3 is 2.43 bits per heavy atom. The van der Waals surface area contributed by atoms with Gasteiger partial charge in [0.25, 0.3) is 0 Å². The van der Waals surface area contributed by atoms with E-state index in [1.54, 1.807) is 19.0 Å². The van der Waals surface area contributed by atoms with Gasteiger partial charge in [0.1, 0.15) is 6.54 Å². The maximum atomic E-state index is 13.3. The lowest BCUT2D eigenvalue weighted by atomic mass is 10.00. The van der Waals surface area contributed by atoms with E-state index < -0.39 is 0 Å². The smallest absolute Gasteiger partial charge is 0.319 e. The normalized spacial score (nSPS) is 16.0. The monoisotopic (exact) mass is 382 g/mol. The SMILES string of the molecule is CC(C)CN(CC(=O)N1CCn2cccc2C1c1ccccc1)C(=O)N(C)C. The van der Waals surface area contributed by atoms with Crippen molar-refractivity contribution in [2.45, 2.75) is 26.4 Å². The summed E-state index contributed by atoms with van der Waals surface area (Å²) in [5, 5.41) is 0. The molecule has 0 bridgehead atoms. The van der Waals surface area contributed by atoms with Crippen LogP contribution in [0.5, 0.6) is 0 Å². The molecular weight excluding hydrogens is 352 g/mol. The molecule has 6 heteroatoms. The summed E-state index contributed by atoms with van der Waals surface area (Å²) >= 11 is 0. The third-order valence-corrected chi connectivity index (χ3v) is 5.04. The van der Waals surface area contributed by atoms with Crippen LogP contribution in [0, 0.1) is 5.92 Å². The number of amides is 3. The van der Waals surface area contributed by atoms with Gasteiger partial charge in [-0.05, 0) is 23.6 Å². The molecule has 0 saturated carbocycles. The Hall–Kier alpha value is -2.76. The number of urea groups is 1. The lowest BCUT2D eigenvalue weighted by Crippen LogP contribution is -2.50. The molecule has 0 N–H and O–H groups in total. The van der Waals surface area contributed by atoms with E-state index in [1.807, 2.05) is 29.2 Å². The van der Waals surface area contributed by atoms with Crippen LogP contribution in [-0.4, -0.2) is 64.9 Å². The van der Waals surface area contributed by atoms with E-state index in [9.17, 15) is 9.59 Å². The van der Waals surface area contributed by atoms with Crippen LogP contribution in [0.15, 0.2) is 48.7 Å². The molecule has 6 nitrogen and oxygen atoms in total. The summed E-state index contributed by atoms with van der Waals surface area (Å²) in [7, 11) is 3.45. The standard InChI is InChI=1S/C22H30N4O2/c1-17(2)15-25(22(28)23(3)4)16-20(27)26-14-13-24-12-8-11-19(24)21(26)18-9-6-5-7-10-18/h5-12,17,21H,13-16H2,1-4H3. The maximum Gasteiger partial charge on any atom is 0.319 e. The number of fused-ring (bicyclic) bond motifs is 1. The number of nitrogens with zero attached hydrogens (tertiary/aromatic N) is 4. The number of hydrogen-bond donors (Lipinski definition) is 0. The third-order valence-electron chi connectivity index (χ3n) is 5.04. The minimum absolute atomic E-state index is 0.0165. The highest BCUT2D eigenvalue weighted by atomic mass is 16.2. The summed E-state index contributed by atoms with van der Waals surface area (Å²) in [6.07, 6.45) is 2.06. The Morgan fingerprint density at radius 2 is 1.79 bits per heavy atom. The molecule has 150 valence electrons. The molecule has 2 aromatic rings. The average Bonchev–Trinajstić information content (AvgIpc) is 3.15. The van der Waals surface area contributed by atoms with Crippen LogP contribution in [0.2, 0.25) is 0 Å². The fourth-order valence-corrected chi connectivity index (χ4v) is 3.83. The molecule has 0 fully saturated rings. The molecule has 28 heavy (non-hydrogen) atoms. The van der Waals surface area contributed by atoms with Gasteiger partial charge in [0, 0.05) is 45.6 Å². The van der Waals surface area contributed by atoms with Crippen molar-refractivity contribution in [3.8, 4) is 0 Å². The van der Waals surface area contributed by atoms with Crippen LogP contribution in [0.4, 0.5) is 4.79 Å². The first kappa shape index (κ1) is 20.0. The molecule has 0 saturated heterocycles. The fraction of sp³-hybridized carbons (Fsp3) is 0.455. The average molecular weight is 383 g/mol. The number of carbonyl (C=O) groups is 2. The number of rotatable bonds is 5. The van der Waals surface area contributed by atoms with Gasteiger partial charge in [0.15, 0.2) is 0 Å². The van der Waals surface area contributed by atoms with Gasteiger partial charge in [-0.15, -0.1) is 0 Å². The molecule has 3 rings (SSSR count). The minimum Gasteiger partial charge on any atom is -0.348 e. The van der Waals surface area contributed by atoms with E-state index in [0.717, 1.165) is 17.8 Å². The maximum absolute atomic E-state index is 13.3. The first-order valence-corrected chi connectivity index (χ1v) is 9.84. The van der Waals surface area contributed by atoms with E-state index in [1.165, 1.54) is 4.90 Å². The van der Waals surface area contributed by atoms with E-state index in [4.69, 9.17) is 0 Å². The molecule has 0 spiro atoms. The zero-order valence-corrected chi connectivity index (χ0v) is 17.2. The second kappa shape index (κ2) is 8.50. The summed E-state index contributed by atoms with van der Waals surface area (Å²) < 4.78 is 2.21. The Bertz CT molecular complexity index is 813. The first-order chi connectivity index (χ1) is 13.4. The molecule has 1 aliphatic heterocycles. The van der Waals surface area contributed by atoms with Crippen LogP contribution < -0.4 is 0 Å². The fourth-order valence-electron chi connectivity index (χ4n) is 3.83. The second-order valence-corrected chi connectivity index (χ2v) is 7.98. The molecular formula is C22H30N4O2. The largest absolute Gasteiger partial charge is 0.348 e. The van der Waals surface area contributed by atoms with Crippen molar-refractivity contribution in [1.29, 1.82) is 0 Å². The number of aromatic nitrogens is 1. The number of hydrogen-bond acceptors (Lipinski definition) is 2. The predicted molar refractivity (Wildman–Crippen MR) is 110 cm³/mol. The van der Waals surface area contributed by atoms with Gasteiger partial charge in [0.2, 0.25) is 5.91 Å². The van der Waals surface area contributed by atoms with Crippen LogP contribution in [0.1, 0.15) is 31.1 Å². The molecule has 0 radical (unpaired) electrons. The van der Waals surface area contributed by atoms with Crippen molar-refractivity contribution in [3.05, 3.63) is 59.9 Å². The van der Waals surface area contributed by atoms with Gasteiger partial charge in [-0.25, -0.2) is 4.79 Å².